The van der Waals surface area contributed by atoms with Crippen molar-refractivity contribution in [1.29, 1.82) is 0 Å². The first-order chi connectivity index (χ1) is 63.9. The van der Waals surface area contributed by atoms with Gasteiger partial charge in [0.05, 0.1) is 115 Å². The minimum Gasteiger partial charge on any atom is -0.466 e. The molecule has 6 aromatic carbocycles. The lowest BCUT2D eigenvalue weighted by Crippen LogP contribution is -2.12. The third-order valence-corrected chi connectivity index (χ3v) is 21.2. The van der Waals surface area contributed by atoms with E-state index in [1.807, 2.05) is 188 Å². The lowest BCUT2D eigenvalue weighted by molar-refractivity contribution is -0.142. The summed E-state index contributed by atoms with van der Waals surface area (Å²) in [6, 6.07) is 59.8. The molecule has 13 aromatic heterocycles. The Morgan fingerprint density at radius 3 is 1.00 bits per heavy atom. The van der Waals surface area contributed by atoms with Gasteiger partial charge in [0.25, 0.3) is 0 Å². The number of nitrogens with zero attached hydrogens (tertiary/aromatic N) is 12. The maximum absolute atomic E-state index is 12.7. The molecule has 0 amide bonds. The number of Topliss-reactive ketones (excluding diaryl/α,β-unsaturated/α-hetero) is 4. The number of nitrogens with one attached hydrogen (secondary N) is 2. The summed E-state index contributed by atoms with van der Waals surface area (Å²) < 4.78 is 71.9. The van der Waals surface area contributed by atoms with E-state index < -0.39 is 17.8 Å². The summed E-state index contributed by atoms with van der Waals surface area (Å²) in [7, 11) is 9.88. The lowest BCUT2D eigenvalue weighted by Gasteiger charge is -2.02. The molecule has 0 aliphatic rings. The highest BCUT2D eigenvalue weighted by Crippen LogP contribution is 2.36. The number of carbonyl (C=O) groups excluding carboxylic acids is 9. The Labute approximate surface area is 774 Å². The number of hydrogen-bond acceptors (Lipinski definition) is 21. The Bertz CT molecular complexity index is 7530. The second-order valence-electron chi connectivity index (χ2n) is 29.8. The van der Waals surface area contributed by atoms with Crippen molar-refractivity contribution >= 4 is 206 Å². The van der Waals surface area contributed by atoms with Crippen LogP contribution in [0.15, 0.2) is 225 Å². The van der Waals surface area contributed by atoms with Crippen molar-refractivity contribution in [3.05, 3.63) is 259 Å². The Morgan fingerprint density at radius 1 is 0.331 bits per heavy atom. The number of rotatable bonds is 15. The molecule has 0 fully saturated rings. The van der Waals surface area contributed by atoms with Gasteiger partial charge in [-0.1, -0.05) is 132 Å². The molecule has 19 aromatic rings. The summed E-state index contributed by atoms with van der Waals surface area (Å²) in [4.78, 5) is 131. The number of ketones is 4. The predicted molar refractivity (Wildman–Crippen MR) is 519 cm³/mol. The van der Waals surface area contributed by atoms with Gasteiger partial charge in [-0.25, -0.2) is 19.6 Å². The van der Waals surface area contributed by atoms with Crippen LogP contribution >= 0.6 is 22.6 Å². The highest BCUT2D eigenvalue weighted by Gasteiger charge is 2.33. The van der Waals surface area contributed by atoms with E-state index in [1.165, 1.54) is 20.8 Å². The maximum atomic E-state index is 12.7. The molecule has 0 saturated carbocycles. The molecule has 684 valence electrons. The van der Waals surface area contributed by atoms with Crippen LogP contribution in [0, 0.1) is 0 Å². The van der Waals surface area contributed by atoms with Crippen LogP contribution in [-0.4, -0.2) is 159 Å². The van der Waals surface area contributed by atoms with Gasteiger partial charge in [0.15, 0.2) is 17.3 Å². The largest absolute Gasteiger partial charge is 0.466 e. The van der Waals surface area contributed by atoms with Crippen molar-refractivity contribution in [3.8, 4) is 11.4 Å². The van der Waals surface area contributed by atoms with Gasteiger partial charge in [0.1, 0.15) is 52.1 Å². The zero-order valence-electron chi connectivity index (χ0n) is 75.9. The molecule has 13 heterocycles. The Kier molecular flexibility index (Phi) is 33.2. The lowest BCUT2D eigenvalue weighted by atomic mass is 10.1. The number of carbonyl (C=O) groups is 9. The smallest absolute Gasteiger partial charge is 0.432 e. The molecular weight excluding hydrogens is 1820 g/mol. The average molecular weight is 1920 g/mol. The predicted octanol–water partition coefficient (Wildman–Crippen LogP) is 20.8. The number of aromatic amines is 2. The van der Waals surface area contributed by atoms with Gasteiger partial charge in [0, 0.05) is 154 Å². The van der Waals surface area contributed by atoms with Crippen molar-refractivity contribution in [2.45, 2.75) is 81.3 Å². The molecule has 0 unspecified atom stereocenters. The highest BCUT2D eigenvalue weighted by atomic mass is 127. The van der Waals surface area contributed by atoms with E-state index in [4.69, 9.17) is 14.2 Å². The van der Waals surface area contributed by atoms with Crippen molar-refractivity contribution in [2.75, 3.05) is 38.0 Å². The minimum absolute atomic E-state index is 0.000154. The molecule has 0 aliphatic heterocycles. The van der Waals surface area contributed by atoms with Crippen LogP contribution in [0.1, 0.15) is 133 Å². The number of pyridine rings is 6. The van der Waals surface area contributed by atoms with Crippen LogP contribution in [0.25, 0.3) is 142 Å². The van der Waals surface area contributed by atoms with Crippen molar-refractivity contribution in [2.24, 2.45) is 35.2 Å². The molecular formula is C101H98F3IN14O14. The van der Waals surface area contributed by atoms with E-state index in [0.29, 0.717) is 54.9 Å². The van der Waals surface area contributed by atoms with E-state index in [2.05, 4.69) is 104 Å². The Morgan fingerprint density at radius 2 is 0.647 bits per heavy atom. The molecule has 0 radical (unpaired) electrons. The van der Waals surface area contributed by atoms with Crippen LogP contribution in [-0.2, 0) is 84.3 Å². The van der Waals surface area contributed by atoms with E-state index in [0.717, 1.165) is 137 Å². The molecule has 2 N–H and O–H groups in total. The Hall–Kier alpha value is -15.2. The van der Waals surface area contributed by atoms with E-state index in [1.54, 1.807) is 109 Å². The first-order valence-corrected chi connectivity index (χ1v) is 44.4. The monoisotopic (exact) mass is 1910 g/mol. The summed E-state index contributed by atoms with van der Waals surface area (Å²) in [5.74, 6) is -2.40. The fourth-order valence-electron chi connectivity index (χ4n) is 15.0. The zero-order chi connectivity index (χ0) is 96.1. The number of halogens is 4. The number of alkyl halides is 4. The van der Waals surface area contributed by atoms with E-state index >= 15 is 0 Å². The van der Waals surface area contributed by atoms with Crippen molar-refractivity contribution in [1.82, 2.24) is 67.9 Å². The second kappa shape index (κ2) is 44.9. The van der Waals surface area contributed by atoms with Crippen LogP contribution in [0.3, 0.4) is 0 Å². The molecule has 19 rings (SSSR count). The second-order valence-corrected chi connectivity index (χ2v) is 29.8. The van der Waals surface area contributed by atoms with Gasteiger partial charge in [-0.3, -0.25) is 58.6 Å². The molecule has 0 atom stereocenters. The standard InChI is InChI=1S/C17H16N2O3.C16H11F3N4.C16H14N2O2.C15H14N2O2.C14H12N2O2.C14H12N2O.2C4H8O2.CH3I/c1-3-22-17(21)9-16(20)13-8-12-11-6-4-5-7-14(11)19(2)15(12)10-18-13;1-23-13-5-3-2-4-9(13)10-6-11(20-8-14(10)23)12-7-15(22-21-12)16(17,18)19;1-10(19)7-16(20)13-8-12-11-5-3-4-6-14(11)18(2)15(12)9-17-13;1-3-19-15(18)12-8-11-10-6-4-5-7-13(10)17(2)14(11)9-16-12;1-2-18-14(17)12-7-10-9-5-3-4-6-11(9)16-13(10)8-15-12;1-9(17)12-7-11-10-5-3-4-6-13(10)16(2)14(11)8-15-12;2*1-3-6-4(2)5;1-2/h4-8,10H,3,9H2,1-2H3;2-8H,1H3,(H,21,22);3-6,8-9H,7H2,1-2H3;4-9H,3H2,1-2H3;3-8,16H,2H2,1H3;3-8H,1-2H3;2*3H2,1-2H3;1H3. The van der Waals surface area contributed by atoms with Crippen LogP contribution < -0.4 is 0 Å². The summed E-state index contributed by atoms with van der Waals surface area (Å²) in [6.45, 7) is 16.5. The number of esters is 5. The molecule has 32 heteroatoms. The zero-order valence-corrected chi connectivity index (χ0v) is 78.1. The number of benzene rings is 6. The fraction of sp³-hybridized carbons (Fsp3) is 0.228. The van der Waals surface area contributed by atoms with Gasteiger partial charge in [0.2, 0.25) is 0 Å². The molecule has 28 nitrogen and oxygen atoms in total. The number of aromatic nitrogens is 14. The Balaban J connectivity index is 0.000000150. The summed E-state index contributed by atoms with van der Waals surface area (Å²) in [5.41, 5.74) is 13.9. The van der Waals surface area contributed by atoms with E-state index in [9.17, 15) is 56.3 Å². The molecule has 0 bridgehead atoms. The highest BCUT2D eigenvalue weighted by molar-refractivity contribution is 14.1. The summed E-state index contributed by atoms with van der Waals surface area (Å²) in [6.07, 6.45) is 5.37. The van der Waals surface area contributed by atoms with Crippen molar-refractivity contribution < 1.29 is 80.0 Å². The number of H-pyrrole nitrogens is 2. The molecule has 0 saturated heterocycles. The maximum Gasteiger partial charge on any atom is 0.432 e. The van der Waals surface area contributed by atoms with Gasteiger partial charge < -0.3 is 51.5 Å². The minimum atomic E-state index is -4.45. The van der Waals surface area contributed by atoms with Gasteiger partial charge >= 0.3 is 36.0 Å². The summed E-state index contributed by atoms with van der Waals surface area (Å²) >= 11 is 2.15. The number of ether oxygens (including phenoxy) is 5. The molecule has 0 aliphatic carbocycles. The van der Waals surface area contributed by atoms with Crippen LogP contribution in [0.2, 0.25) is 0 Å². The van der Waals surface area contributed by atoms with Crippen molar-refractivity contribution in [3.63, 3.8) is 0 Å². The van der Waals surface area contributed by atoms with Gasteiger partial charge in [-0.05, 0) is 125 Å². The number of fused-ring (bicyclic) bond motifs is 18. The third-order valence-electron chi connectivity index (χ3n) is 21.2. The SMILES string of the molecule is CC(=O)CC(=O)c1cc2c3ccccc3n(C)c2cn1.CC(=O)c1cc2c3ccccc3n(C)c2cn1.CCOC(=O)CC(=O)c1cc2c3ccccc3n(C)c2cn1.CCOC(=O)c1cc2c(cn1)[nH]c1ccccc12.CCOC(=O)c1cc2c3ccccc3n(C)c2cn1.CCOC(C)=O.CCOC(C)=O.CI.Cn1c2ccccc2c2cc(-c3cc(C(F)(F)F)[nH]n3)ncc21. The van der Waals surface area contributed by atoms with Gasteiger partial charge in [-0.15, -0.1) is 0 Å². The van der Waals surface area contributed by atoms with Gasteiger partial charge in [-0.2, -0.15) is 18.3 Å². The van der Waals surface area contributed by atoms with Crippen LogP contribution in [0.5, 0.6) is 0 Å². The fourth-order valence-corrected chi connectivity index (χ4v) is 15.0. The first kappa shape index (κ1) is 98.4. The normalized spacial score (nSPS) is 10.8. The topological polar surface area (TPSA) is 346 Å². The number of para-hydroxylation sites is 6. The first-order valence-electron chi connectivity index (χ1n) is 42.2. The molecule has 0 spiro atoms. The number of hydrogen-bond donors (Lipinski definition) is 2. The average Bonchev–Trinajstić information content (AvgIpc) is 1.57. The molecule has 133 heavy (non-hydrogen) atoms. The third kappa shape index (κ3) is 23.0. The van der Waals surface area contributed by atoms with Crippen LogP contribution in [0.4, 0.5) is 13.2 Å². The number of aryl methyl sites for hydroxylation is 5. The van der Waals surface area contributed by atoms with E-state index in [-0.39, 0.29) is 77.8 Å². The quantitative estimate of drug-likeness (QED) is 0.0240. The summed E-state index contributed by atoms with van der Waals surface area (Å²) in [5, 5.41) is 18.3.